The minimum atomic E-state index is -4.41. The van der Waals surface area contributed by atoms with Gasteiger partial charge in [0.1, 0.15) is 0 Å². The van der Waals surface area contributed by atoms with Gasteiger partial charge in [-0.2, -0.15) is 13.2 Å². The summed E-state index contributed by atoms with van der Waals surface area (Å²) in [5.41, 5.74) is 1.67. The molecule has 1 N–H and O–H groups in total. The zero-order valence-electron chi connectivity index (χ0n) is 15.6. The van der Waals surface area contributed by atoms with Crippen molar-refractivity contribution < 1.29 is 22.7 Å². The van der Waals surface area contributed by atoms with Crippen LogP contribution in [0.3, 0.4) is 0 Å². The van der Waals surface area contributed by atoms with Gasteiger partial charge in [-0.25, -0.2) is 0 Å². The zero-order chi connectivity index (χ0) is 20.1. The molecule has 2 aromatic rings. The van der Waals surface area contributed by atoms with Crippen LogP contribution in [0.5, 0.6) is 0 Å². The lowest BCUT2D eigenvalue weighted by molar-refractivity contribution is -0.137. The highest BCUT2D eigenvalue weighted by Crippen LogP contribution is 2.29. The van der Waals surface area contributed by atoms with Gasteiger partial charge in [-0.05, 0) is 36.8 Å². The number of carbonyl (C=O) groups excluding carboxylic acids is 1. The molecule has 1 amide bonds. The lowest BCUT2D eigenvalue weighted by Crippen LogP contribution is -2.43. The van der Waals surface area contributed by atoms with E-state index in [4.69, 9.17) is 4.74 Å². The molecule has 2 aromatic carbocycles. The molecule has 1 atom stereocenters. The quantitative estimate of drug-likeness (QED) is 0.841. The summed E-state index contributed by atoms with van der Waals surface area (Å²) in [6, 6.07) is 12.4. The summed E-state index contributed by atoms with van der Waals surface area (Å²) in [6.45, 7) is 5.16. The highest BCUT2D eigenvalue weighted by atomic mass is 19.4. The highest BCUT2D eigenvalue weighted by molar-refractivity contribution is 5.94. The van der Waals surface area contributed by atoms with Crippen molar-refractivity contribution in [2.24, 2.45) is 0 Å². The minimum absolute atomic E-state index is 0.0251. The van der Waals surface area contributed by atoms with Crippen LogP contribution in [0.1, 0.15) is 33.1 Å². The van der Waals surface area contributed by atoms with E-state index in [-0.39, 0.29) is 17.5 Å². The Kier molecular flexibility index (Phi) is 6.36. The van der Waals surface area contributed by atoms with Crippen LogP contribution < -0.4 is 5.32 Å². The molecule has 1 saturated heterocycles. The molecule has 1 heterocycles. The highest BCUT2D eigenvalue weighted by Gasteiger charge is 2.30. The molecule has 0 aromatic heterocycles. The van der Waals surface area contributed by atoms with Crippen LogP contribution in [0.15, 0.2) is 48.5 Å². The number of benzene rings is 2. The first-order chi connectivity index (χ1) is 13.3. The third kappa shape index (κ3) is 5.11. The molecule has 7 heteroatoms. The van der Waals surface area contributed by atoms with Gasteiger partial charge >= 0.3 is 6.18 Å². The summed E-state index contributed by atoms with van der Waals surface area (Å²) in [5, 5.41) is 2.86. The second-order valence-electron chi connectivity index (χ2n) is 6.86. The number of aryl methyl sites for hydroxylation is 1. The second-order valence-corrected chi connectivity index (χ2v) is 6.86. The van der Waals surface area contributed by atoms with Crippen molar-refractivity contribution >= 4 is 5.91 Å². The molecule has 28 heavy (non-hydrogen) atoms. The van der Waals surface area contributed by atoms with E-state index in [1.54, 1.807) is 0 Å². The normalized spacial score (nSPS) is 16.6. The van der Waals surface area contributed by atoms with Crippen molar-refractivity contribution in [3.8, 4) is 0 Å². The predicted molar refractivity (Wildman–Crippen MR) is 100 cm³/mol. The first-order valence-electron chi connectivity index (χ1n) is 9.18. The van der Waals surface area contributed by atoms with Gasteiger partial charge in [-0.3, -0.25) is 9.69 Å². The van der Waals surface area contributed by atoms with Crippen molar-refractivity contribution in [2.75, 3.05) is 32.8 Å². The van der Waals surface area contributed by atoms with Gasteiger partial charge in [-0.15, -0.1) is 0 Å². The average molecular weight is 392 g/mol. The van der Waals surface area contributed by atoms with Gasteiger partial charge in [0, 0.05) is 25.2 Å². The SMILES string of the molecule is Cc1ccc([C@H](CNC(=O)c2ccc(C(F)(F)F)cc2)N2CCOCC2)cc1. The number of halogens is 3. The number of rotatable bonds is 5. The summed E-state index contributed by atoms with van der Waals surface area (Å²) in [5.74, 6) is -0.390. The largest absolute Gasteiger partial charge is 0.416 e. The lowest BCUT2D eigenvalue weighted by atomic mass is 10.0. The summed E-state index contributed by atoms with van der Waals surface area (Å²) in [6.07, 6.45) is -4.41. The van der Waals surface area contributed by atoms with Crippen molar-refractivity contribution in [2.45, 2.75) is 19.1 Å². The molecule has 0 spiro atoms. The Bertz CT molecular complexity index is 783. The third-order valence-electron chi connectivity index (χ3n) is 4.88. The number of alkyl halides is 3. The molecule has 1 fully saturated rings. The van der Waals surface area contributed by atoms with Gasteiger partial charge in [0.15, 0.2) is 0 Å². The number of ether oxygens (including phenoxy) is 1. The van der Waals surface area contributed by atoms with Gasteiger partial charge < -0.3 is 10.1 Å². The monoisotopic (exact) mass is 392 g/mol. The Balaban J connectivity index is 1.70. The van der Waals surface area contributed by atoms with Crippen LogP contribution in [0.25, 0.3) is 0 Å². The average Bonchev–Trinajstić information content (AvgIpc) is 2.69. The maximum atomic E-state index is 12.7. The molecule has 0 aliphatic carbocycles. The molecule has 3 rings (SSSR count). The third-order valence-corrected chi connectivity index (χ3v) is 4.88. The number of hydrogen-bond acceptors (Lipinski definition) is 3. The Morgan fingerprint density at radius 1 is 1.07 bits per heavy atom. The minimum Gasteiger partial charge on any atom is -0.379 e. The van der Waals surface area contributed by atoms with Gasteiger partial charge in [0.25, 0.3) is 5.91 Å². The molecule has 4 nitrogen and oxygen atoms in total. The second kappa shape index (κ2) is 8.75. The Morgan fingerprint density at radius 2 is 1.68 bits per heavy atom. The van der Waals surface area contributed by atoms with Crippen molar-refractivity contribution in [1.82, 2.24) is 10.2 Å². The molecule has 0 unspecified atom stereocenters. The van der Waals surface area contributed by atoms with Crippen molar-refractivity contribution in [1.29, 1.82) is 0 Å². The maximum absolute atomic E-state index is 12.7. The van der Waals surface area contributed by atoms with Crippen LogP contribution in [0.4, 0.5) is 13.2 Å². The Hall–Kier alpha value is -2.38. The van der Waals surface area contributed by atoms with E-state index < -0.39 is 11.7 Å². The van der Waals surface area contributed by atoms with Crippen LogP contribution in [-0.4, -0.2) is 43.7 Å². The number of nitrogens with zero attached hydrogens (tertiary/aromatic N) is 1. The fourth-order valence-electron chi connectivity index (χ4n) is 3.24. The molecular weight excluding hydrogens is 369 g/mol. The van der Waals surface area contributed by atoms with Crippen LogP contribution >= 0.6 is 0 Å². The predicted octanol–water partition coefficient (Wildman–Crippen LogP) is 3.82. The standard InChI is InChI=1S/C21H23F3N2O2/c1-15-2-4-16(5-3-15)19(26-10-12-28-13-11-26)14-25-20(27)17-6-8-18(9-7-17)21(22,23)24/h2-9,19H,10-14H2,1H3,(H,25,27)/t19-/m0/s1. The van der Waals surface area contributed by atoms with E-state index in [0.717, 1.165) is 36.3 Å². The van der Waals surface area contributed by atoms with E-state index >= 15 is 0 Å². The molecule has 150 valence electrons. The fraction of sp³-hybridized carbons (Fsp3) is 0.381. The van der Waals surface area contributed by atoms with Gasteiger partial charge in [0.05, 0.1) is 24.8 Å². The van der Waals surface area contributed by atoms with Crippen molar-refractivity contribution in [3.63, 3.8) is 0 Å². The summed E-state index contributed by atoms with van der Waals surface area (Å²) >= 11 is 0. The zero-order valence-corrected chi connectivity index (χ0v) is 15.6. The number of nitrogens with one attached hydrogen (secondary N) is 1. The summed E-state index contributed by atoms with van der Waals surface area (Å²) < 4.78 is 43.5. The summed E-state index contributed by atoms with van der Waals surface area (Å²) in [4.78, 5) is 14.7. The number of morpholine rings is 1. The van der Waals surface area contributed by atoms with Gasteiger partial charge in [0.2, 0.25) is 0 Å². The summed E-state index contributed by atoms with van der Waals surface area (Å²) in [7, 11) is 0. The fourth-order valence-corrected chi connectivity index (χ4v) is 3.24. The molecule has 0 radical (unpaired) electrons. The van der Waals surface area contributed by atoms with Crippen LogP contribution in [0.2, 0.25) is 0 Å². The van der Waals surface area contributed by atoms with Crippen molar-refractivity contribution in [3.05, 3.63) is 70.8 Å². The van der Waals surface area contributed by atoms with Gasteiger partial charge in [-0.1, -0.05) is 29.8 Å². The number of carbonyl (C=O) groups is 1. The van der Waals surface area contributed by atoms with Crippen LogP contribution in [-0.2, 0) is 10.9 Å². The van der Waals surface area contributed by atoms with E-state index in [1.165, 1.54) is 12.1 Å². The molecular formula is C21H23F3N2O2. The van der Waals surface area contributed by atoms with E-state index in [0.29, 0.717) is 19.8 Å². The molecule has 0 bridgehead atoms. The molecule has 1 aliphatic heterocycles. The van der Waals surface area contributed by atoms with E-state index in [9.17, 15) is 18.0 Å². The topological polar surface area (TPSA) is 41.6 Å². The Morgan fingerprint density at radius 3 is 2.25 bits per heavy atom. The number of amides is 1. The van der Waals surface area contributed by atoms with E-state index in [1.807, 2.05) is 31.2 Å². The lowest BCUT2D eigenvalue weighted by Gasteiger charge is -2.35. The smallest absolute Gasteiger partial charge is 0.379 e. The first-order valence-corrected chi connectivity index (χ1v) is 9.18. The molecule has 1 aliphatic rings. The van der Waals surface area contributed by atoms with E-state index in [2.05, 4.69) is 10.2 Å². The Labute approximate surface area is 162 Å². The van der Waals surface area contributed by atoms with Crippen LogP contribution in [0, 0.1) is 6.92 Å². The maximum Gasteiger partial charge on any atom is 0.416 e. The molecule has 0 saturated carbocycles. The first kappa shape index (κ1) is 20.4. The number of hydrogen-bond donors (Lipinski definition) is 1.